The number of hydrogen-bond donors (Lipinski definition) is 1. The third kappa shape index (κ3) is 4.40. The first-order valence-corrected chi connectivity index (χ1v) is 8.31. The molecule has 0 spiro atoms. The van der Waals surface area contributed by atoms with Gasteiger partial charge in [0.25, 0.3) is 5.91 Å². The van der Waals surface area contributed by atoms with Gasteiger partial charge >= 0.3 is 6.18 Å². The summed E-state index contributed by atoms with van der Waals surface area (Å²) in [7, 11) is 0. The van der Waals surface area contributed by atoms with E-state index in [1.54, 1.807) is 24.3 Å². The van der Waals surface area contributed by atoms with Crippen LogP contribution in [0.2, 0.25) is 10.0 Å². The summed E-state index contributed by atoms with van der Waals surface area (Å²) >= 11 is 11.8. The first-order valence-electron chi connectivity index (χ1n) is 7.55. The molecule has 3 rings (SSSR count). The van der Waals surface area contributed by atoms with Crippen LogP contribution in [0.5, 0.6) is 0 Å². The van der Waals surface area contributed by atoms with E-state index in [1.165, 1.54) is 24.4 Å². The van der Waals surface area contributed by atoms with Crippen LogP contribution in [0.3, 0.4) is 0 Å². The van der Waals surface area contributed by atoms with Crippen molar-refractivity contribution in [2.75, 3.05) is 0 Å². The number of nitrogens with zero attached hydrogens (tertiary/aromatic N) is 3. The van der Waals surface area contributed by atoms with E-state index >= 15 is 0 Å². The summed E-state index contributed by atoms with van der Waals surface area (Å²) in [4.78, 5) is 15.6. The van der Waals surface area contributed by atoms with Crippen molar-refractivity contribution in [2.24, 2.45) is 5.10 Å². The summed E-state index contributed by atoms with van der Waals surface area (Å²) in [6, 6.07) is 10.7. The van der Waals surface area contributed by atoms with Crippen LogP contribution in [-0.2, 0) is 17.5 Å². The molecule has 10 heteroatoms. The van der Waals surface area contributed by atoms with Crippen LogP contribution in [0.1, 0.15) is 11.4 Å². The van der Waals surface area contributed by atoms with Crippen LogP contribution < -0.4 is 5.43 Å². The lowest BCUT2D eigenvalue weighted by atomic mass is 10.2. The zero-order valence-electron chi connectivity index (χ0n) is 13.5. The molecule has 0 aliphatic carbocycles. The van der Waals surface area contributed by atoms with Gasteiger partial charge in [-0.05, 0) is 24.3 Å². The molecule has 0 aliphatic rings. The predicted octanol–water partition coefficient (Wildman–Crippen LogP) is 4.51. The van der Waals surface area contributed by atoms with Crippen molar-refractivity contribution in [3.63, 3.8) is 0 Å². The molecule has 0 radical (unpaired) electrons. The van der Waals surface area contributed by atoms with Crippen molar-refractivity contribution in [1.82, 2.24) is 15.0 Å². The highest BCUT2D eigenvalue weighted by Gasteiger charge is 2.37. The maximum Gasteiger partial charge on any atom is 0.449 e. The quantitative estimate of drug-likeness (QED) is 0.504. The van der Waals surface area contributed by atoms with Crippen molar-refractivity contribution < 1.29 is 18.0 Å². The highest BCUT2D eigenvalue weighted by Crippen LogP contribution is 2.31. The predicted molar refractivity (Wildman–Crippen MR) is 96.9 cm³/mol. The number of alkyl halides is 3. The van der Waals surface area contributed by atoms with Crippen LogP contribution in [0.4, 0.5) is 13.2 Å². The van der Waals surface area contributed by atoms with E-state index in [0.29, 0.717) is 15.6 Å². The van der Waals surface area contributed by atoms with E-state index in [0.717, 1.165) is 4.57 Å². The average molecular weight is 415 g/mol. The number of aromatic nitrogens is 2. The molecule has 140 valence electrons. The molecule has 1 amide bonds. The lowest BCUT2D eigenvalue weighted by Gasteiger charge is -2.10. The minimum Gasteiger partial charge on any atom is -0.311 e. The molecular formula is C17H11Cl2F3N4O. The van der Waals surface area contributed by atoms with E-state index < -0.39 is 24.5 Å². The van der Waals surface area contributed by atoms with Crippen LogP contribution >= 0.6 is 23.2 Å². The Kier molecular flexibility index (Phi) is 5.38. The van der Waals surface area contributed by atoms with Gasteiger partial charge < -0.3 is 4.57 Å². The number of para-hydroxylation sites is 2. The Bertz CT molecular complexity index is 1030. The molecule has 0 fully saturated rings. The van der Waals surface area contributed by atoms with Crippen LogP contribution in [0.25, 0.3) is 11.0 Å². The number of benzene rings is 2. The SMILES string of the molecule is O=C(Cn1c(C(F)(F)F)nc2ccccc21)N/N=C/c1ccc(Cl)cc1Cl. The molecule has 3 aromatic rings. The number of carbonyl (C=O) groups is 1. The standard InChI is InChI=1S/C17H11Cl2F3N4O/c18-11-6-5-10(12(19)7-11)8-23-25-15(27)9-26-14-4-2-1-3-13(14)24-16(26)17(20,21)22/h1-8H,9H2,(H,25,27)/b23-8+. The third-order valence-electron chi connectivity index (χ3n) is 3.57. The molecule has 0 saturated heterocycles. The summed E-state index contributed by atoms with van der Waals surface area (Å²) in [5.74, 6) is -1.89. The van der Waals surface area contributed by atoms with E-state index in [2.05, 4.69) is 15.5 Å². The largest absolute Gasteiger partial charge is 0.449 e. The Hall–Kier alpha value is -2.58. The maximum atomic E-state index is 13.2. The molecule has 1 aromatic heterocycles. The van der Waals surface area contributed by atoms with Crippen molar-refractivity contribution in [3.05, 3.63) is 63.9 Å². The number of rotatable bonds is 4. The molecule has 1 N–H and O–H groups in total. The topological polar surface area (TPSA) is 59.3 Å². The number of fused-ring (bicyclic) bond motifs is 1. The van der Waals surface area contributed by atoms with Crippen molar-refractivity contribution in [3.8, 4) is 0 Å². The lowest BCUT2D eigenvalue weighted by molar-refractivity contribution is -0.147. The highest BCUT2D eigenvalue weighted by molar-refractivity contribution is 6.36. The molecular weight excluding hydrogens is 404 g/mol. The van der Waals surface area contributed by atoms with Gasteiger partial charge in [-0.15, -0.1) is 0 Å². The van der Waals surface area contributed by atoms with Gasteiger partial charge in [0.15, 0.2) is 0 Å². The number of amides is 1. The summed E-state index contributed by atoms with van der Waals surface area (Å²) < 4.78 is 40.5. The summed E-state index contributed by atoms with van der Waals surface area (Å²) in [5, 5.41) is 4.48. The van der Waals surface area contributed by atoms with Crippen molar-refractivity contribution in [1.29, 1.82) is 0 Å². The molecule has 1 heterocycles. The fraction of sp³-hybridized carbons (Fsp3) is 0.118. The van der Waals surface area contributed by atoms with Crippen molar-refractivity contribution in [2.45, 2.75) is 12.7 Å². The minimum atomic E-state index is -4.70. The van der Waals surface area contributed by atoms with E-state index in [1.807, 2.05) is 0 Å². The molecule has 5 nitrogen and oxygen atoms in total. The second-order valence-electron chi connectivity index (χ2n) is 5.47. The van der Waals surface area contributed by atoms with Gasteiger partial charge in [0.2, 0.25) is 5.82 Å². The van der Waals surface area contributed by atoms with E-state index in [-0.39, 0.29) is 11.0 Å². The molecule has 0 unspecified atom stereocenters. The maximum absolute atomic E-state index is 13.2. The van der Waals surface area contributed by atoms with Crippen LogP contribution in [0, 0.1) is 0 Å². The summed E-state index contributed by atoms with van der Waals surface area (Å²) in [5.41, 5.74) is 3.01. The number of imidazole rings is 1. The smallest absolute Gasteiger partial charge is 0.311 e. The minimum absolute atomic E-state index is 0.147. The Morgan fingerprint density at radius 1 is 1.22 bits per heavy atom. The number of halogens is 5. The number of hydrogen-bond acceptors (Lipinski definition) is 3. The number of carbonyl (C=O) groups excluding carboxylic acids is 1. The fourth-order valence-electron chi connectivity index (χ4n) is 2.41. The molecule has 27 heavy (non-hydrogen) atoms. The molecule has 0 atom stereocenters. The zero-order chi connectivity index (χ0) is 19.6. The van der Waals surface area contributed by atoms with Gasteiger partial charge in [0.1, 0.15) is 6.54 Å². The summed E-state index contributed by atoms with van der Waals surface area (Å²) in [6.45, 7) is -0.596. The molecule has 0 bridgehead atoms. The number of hydrazone groups is 1. The van der Waals surface area contributed by atoms with E-state index in [4.69, 9.17) is 23.2 Å². The van der Waals surface area contributed by atoms with Gasteiger partial charge in [-0.2, -0.15) is 18.3 Å². The van der Waals surface area contributed by atoms with Crippen LogP contribution in [0.15, 0.2) is 47.6 Å². The second-order valence-corrected chi connectivity index (χ2v) is 6.31. The second kappa shape index (κ2) is 7.58. The van der Waals surface area contributed by atoms with E-state index in [9.17, 15) is 18.0 Å². The normalized spacial score (nSPS) is 12.0. The van der Waals surface area contributed by atoms with Crippen LogP contribution in [-0.4, -0.2) is 21.7 Å². The average Bonchev–Trinajstić information content (AvgIpc) is 2.96. The fourth-order valence-corrected chi connectivity index (χ4v) is 2.87. The molecule has 2 aromatic carbocycles. The number of nitrogens with one attached hydrogen (secondary N) is 1. The van der Waals surface area contributed by atoms with Gasteiger partial charge in [-0.1, -0.05) is 41.4 Å². The summed E-state index contributed by atoms with van der Waals surface area (Å²) in [6.07, 6.45) is -3.42. The van der Waals surface area contributed by atoms with Gasteiger partial charge in [-0.3, -0.25) is 4.79 Å². The first kappa shape index (κ1) is 19.2. The lowest BCUT2D eigenvalue weighted by Crippen LogP contribution is -2.26. The Balaban J connectivity index is 1.79. The Morgan fingerprint density at radius 2 is 1.96 bits per heavy atom. The third-order valence-corrected chi connectivity index (χ3v) is 4.13. The monoisotopic (exact) mass is 414 g/mol. The molecule has 0 aliphatic heterocycles. The Morgan fingerprint density at radius 3 is 2.67 bits per heavy atom. The Labute approximate surface area is 161 Å². The van der Waals surface area contributed by atoms with Gasteiger partial charge in [0.05, 0.1) is 22.3 Å². The van der Waals surface area contributed by atoms with Crippen molar-refractivity contribution >= 4 is 46.4 Å². The molecule has 0 saturated carbocycles. The van der Waals surface area contributed by atoms with Gasteiger partial charge in [0, 0.05) is 10.6 Å². The zero-order valence-corrected chi connectivity index (χ0v) is 15.0. The first-order chi connectivity index (χ1) is 12.8. The highest BCUT2D eigenvalue weighted by atomic mass is 35.5. The van der Waals surface area contributed by atoms with Gasteiger partial charge in [-0.25, -0.2) is 10.4 Å².